The Morgan fingerprint density at radius 3 is 2.75 bits per heavy atom. The number of hydrogen-bond donors (Lipinski definition) is 2. The second kappa shape index (κ2) is 6.61. The van der Waals surface area contributed by atoms with E-state index in [0.717, 1.165) is 19.3 Å². The topological polar surface area (TPSA) is 58.4 Å². The van der Waals surface area contributed by atoms with E-state index in [2.05, 4.69) is 5.32 Å². The quantitative estimate of drug-likeness (QED) is 0.813. The lowest BCUT2D eigenvalue weighted by Crippen LogP contribution is -2.51. The van der Waals surface area contributed by atoms with Crippen molar-refractivity contribution < 1.29 is 4.79 Å². The third kappa shape index (κ3) is 3.53. The molecule has 3 N–H and O–H groups in total. The molecule has 1 heterocycles. The molecule has 0 aromatic heterocycles. The number of benzene rings is 1. The average molecular weight is 332 g/mol. The van der Waals surface area contributed by atoms with Gasteiger partial charge in [-0.25, -0.2) is 4.79 Å². The molecule has 1 atom stereocenters. The van der Waals surface area contributed by atoms with Gasteiger partial charge in [0.15, 0.2) is 0 Å². The van der Waals surface area contributed by atoms with Crippen molar-refractivity contribution in [3.05, 3.63) is 28.2 Å². The maximum absolute atomic E-state index is 12.3. The van der Waals surface area contributed by atoms with Crippen LogP contribution in [-0.2, 0) is 0 Å². The van der Waals surface area contributed by atoms with Crippen molar-refractivity contribution >= 4 is 52.1 Å². The summed E-state index contributed by atoms with van der Waals surface area (Å²) in [6.07, 6.45) is 2.79. The predicted molar refractivity (Wildman–Crippen MR) is 86.6 cm³/mol. The molecular formula is C13H15Cl2N3OS. The van der Waals surface area contributed by atoms with E-state index in [4.69, 9.17) is 41.2 Å². The predicted octanol–water partition coefficient (Wildman–Crippen LogP) is 3.67. The van der Waals surface area contributed by atoms with E-state index in [9.17, 15) is 4.79 Å². The molecule has 1 unspecified atom stereocenters. The summed E-state index contributed by atoms with van der Waals surface area (Å²) in [4.78, 5) is 14.3. The summed E-state index contributed by atoms with van der Waals surface area (Å²) < 4.78 is 0. The van der Waals surface area contributed by atoms with Crippen LogP contribution in [0.3, 0.4) is 0 Å². The van der Waals surface area contributed by atoms with Crippen molar-refractivity contribution in [1.29, 1.82) is 0 Å². The minimum atomic E-state index is -0.221. The maximum Gasteiger partial charge on any atom is 0.322 e. The summed E-state index contributed by atoms with van der Waals surface area (Å²) in [5.74, 6) is 0. The zero-order chi connectivity index (χ0) is 14.7. The number of nitrogens with two attached hydrogens (primary N) is 1. The van der Waals surface area contributed by atoms with Crippen LogP contribution in [0.1, 0.15) is 19.3 Å². The number of thiocarbonyl (C=S) groups is 1. The summed E-state index contributed by atoms with van der Waals surface area (Å²) in [6.45, 7) is 0.648. The largest absolute Gasteiger partial charge is 0.392 e. The SMILES string of the molecule is NC(=S)C1CCCCN1C(=O)Nc1ccc(Cl)c(Cl)c1. The Balaban J connectivity index is 2.09. The van der Waals surface area contributed by atoms with Crippen molar-refractivity contribution in [2.75, 3.05) is 11.9 Å². The molecule has 0 radical (unpaired) electrons. The van der Waals surface area contributed by atoms with Crippen LogP contribution in [0.5, 0.6) is 0 Å². The van der Waals surface area contributed by atoms with Crippen LogP contribution in [0.2, 0.25) is 10.0 Å². The molecule has 0 bridgehead atoms. The van der Waals surface area contributed by atoms with Gasteiger partial charge in [0, 0.05) is 12.2 Å². The molecule has 1 aromatic rings. The van der Waals surface area contributed by atoms with E-state index in [1.807, 2.05) is 0 Å². The Bertz CT molecular complexity index is 538. The van der Waals surface area contributed by atoms with Gasteiger partial charge in [-0.15, -0.1) is 0 Å². The lowest BCUT2D eigenvalue weighted by molar-refractivity contribution is 0.186. The van der Waals surface area contributed by atoms with E-state index in [1.165, 1.54) is 0 Å². The van der Waals surface area contributed by atoms with Crippen LogP contribution in [0.4, 0.5) is 10.5 Å². The van der Waals surface area contributed by atoms with Crippen LogP contribution in [0, 0.1) is 0 Å². The van der Waals surface area contributed by atoms with Gasteiger partial charge in [-0.1, -0.05) is 35.4 Å². The summed E-state index contributed by atoms with van der Waals surface area (Å²) in [5.41, 5.74) is 6.30. The van der Waals surface area contributed by atoms with Gasteiger partial charge >= 0.3 is 6.03 Å². The molecule has 0 saturated carbocycles. The van der Waals surface area contributed by atoms with Crippen LogP contribution in [0.25, 0.3) is 0 Å². The second-order valence-electron chi connectivity index (χ2n) is 4.67. The first-order valence-corrected chi connectivity index (χ1v) is 7.47. The van der Waals surface area contributed by atoms with E-state index in [0.29, 0.717) is 27.3 Å². The summed E-state index contributed by atoms with van der Waals surface area (Å²) in [7, 11) is 0. The minimum Gasteiger partial charge on any atom is -0.392 e. The first-order valence-electron chi connectivity index (χ1n) is 6.31. The fraction of sp³-hybridized carbons (Fsp3) is 0.385. The number of anilines is 1. The highest BCUT2D eigenvalue weighted by atomic mass is 35.5. The van der Waals surface area contributed by atoms with Gasteiger partial charge in [0.25, 0.3) is 0 Å². The number of nitrogens with one attached hydrogen (secondary N) is 1. The molecule has 2 amide bonds. The van der Waals surface area contributed by atoms with Crippen molar-refractivity contribution in [3.63, 3.8) is 0 Å². The van der Waals surface area contributed by atoms with Crippen LogP contribution in [0.15, 0.2) is 18.2 Å². The van der Waals surface area contributed by atoms with E-state index >= 15 is 0 Å². The normalized spacial score (nSPS) is 18.7. The van der Waals surface area contributed by atoms with Crippen molar-refractivity contribution in [3.8, 4) is 0 Å². The number of piperidine rings is 1. The Labute approximate surface area is 133 Å². The van der Waals surface area contributed by atoms with Crippen LogP contribution >= 0.6 is 35.4 Å². The number of amides is 2. The minimum absolute atomic E-state index is 0.179. The molecule has 0 spiro atoms. The van der Waals surface area contributed by atoms with Crippen LogP contribution < -0.4 is 11.1 Å². The van der Waals surface area contributed by atoms with E-state index in [-0.39, 0.29) is 12.1 Å². The number of nitrogens with zero attached hydrogens (tertiary/aromatic N) is 1. The van der Waals surface area contributed by atoms with Crippen LogP contribution in [-0.4, -0.2) is 28.5 Å². The van der Waals surface area contributed by atoms with Gasteiger partial charge in [-0.3, -0.25) is 0 Å². The van der Waals surface area contributed by atoms with Crippen molar-refractivity contribution in [2.45, 2.75) is 25.3 Å². The molecule has 108 valence electrons. The smallest absolute Gasteiger partial charge is 0.322 e. The summed E-state index contributed by atoms with van der Waals surface area (Å²) >= 11 is 16.8. The Kier molecular flexibility index (Phi) is 5.07. The van der Waals surface area contributed by atoms with Gasteiger partial charge in [0.05, 0.1) is 21.1 Å². The number of hydrogen-bond acceptors (Lipinski definition) is 2. The van der Waals surface area contributed by atoms with Gasteiger partial charge in [-0.2, -0.15) is 0 Å². The Morgan fingerprint density at radius 2 is 2.10 bits per heavy atom. The van der Waals surface area contributed by atoms with Gasteiger partial charge in [-0.05, 0) is 37.5 Å². The molecule has 1 aliphatic heterocycles. The zero-order valence-corrected chi connectivity index (χ0v) is 13.1. The monoisotopic (exact) mass is 331 g/mol. The molecule has 20 heavy (non-hydrogen) atoms. The fourth-order valence-corrected chi connectivity index (χ4v) is 2.78. The number of carbonyl (C=O) groups is 1. The maximum atomic E-state index is 12.3. The first-order chi connectivity index (χ1) is 9.49. The molecule has 2 rings (SSSR count). The van der Waals surface area contributed by atoms with Crippen molar-refractivity contribution in [1.82, 2.24) is 4.90 Å². The van der Waals surface area contributed by atoms with Crippen molar-refractivity contribution in [2.24, 2.45) is 5.73 Å². The molecule has 1 aromatic carbocycles. The molecular weight excluding hydrogens is 317 g/mol. The fourth-order valence-electron chi connectivity index (χ4n) is 2.24. The Hall–Kier alpha value is -1.04. The highest BCUT2D eigenvalue weighted by Crippen LogP contribution is 2.26. The molecule has 7 heteroatoms. The average Bonchev–Trinajstić information content (AvgIpc) is 2.43. The van der Waals surface area contributed by atoms with Gasteiger partial charge < -0.3 is 16.0 Å². The Morgan fingerprint density at radius 1 is 1.35 bits per heavy atom. The number of halogens is 2. The number of likely N-dealkylation sites (tertiary alicyclic amines) is 1. The number of rotatable bonds is 2. The van der Waals surface area contributed by atoms with E-state index in [1.54, 1.807) is 23.1 Å². The molecule has 4 nitrogen and oxygen atoms in total. The molecule has 1 aliphatic rings. The summed E-state index contributed by atoms with van der Waals surface area (Å²) in [5, 5.41) is 3.64. The standard InChI is InChI=1S/C13H15Cl2N3OS/c14-9-5-4-8(7-10(9)15)17-13(19)18-6-2-1-3-11(18)12(16)20/h4-5,7,11H,1-3,6H2,(H2,16,20)(H,17,19). The number of urea groups is 1. The first kappa shape index (κ1) is 15.4. The third-order valence-electron chi connectivity index (χ3n) is 3.26. The van der Waals surface area contributed by atoms with Gasteiger partial charge in [0.1, 0.15) is 0 Å². The van der Waals surface area contributed by atoms with Gasteiger partial charge in [0.2, 0.25) is 0 Å². The molecule has 1 saturated heterocycles. The highest BCUT2D eigenvalue weighted by Gasteiger charge is 2.28. The lowest BCUT2D eigenvalue weighted by Gasteiger charge is -2.34. The zero-order valence-electron chi connectivity index (χ0n) is 10.7. The highest BCUT2D eigenvalue weighted by molar-refractivity contribution is 7.80. The lowest BCUT2D eigenvalue weighted by atomic mass is 10.0. The molecule has 1 fully saturated rings. The molecule has 0 aliphatic carbocycles. The van der Waals surface area contributed by atoms with E-state index < -0.39 is 0 Å². The third-order valence-corrected chi connectivity index (χ3v) is 4.27. The second-order valence-corrected chi connectivity index (χ2v) is 5.95. The summed E-state index contributed by atoms with van der Waals surface area (Å²) in [6, 6.07) is 4.55. The number of carbonyl (C=O) groups excluding carboxylic acids is 1.